The molecule has 0 aromatic carbocycles. The van der Waals surface area contributed by atoms with E-state index >= 15 is 0 Å². The van der Waals surface area contributed by atoms with Crippen molar-refractivity contribution in [1.29, 1.82) is 0 Å². The highest BCUT2D eigenvalue weighted by Crippen LogP contribution is 2.27. The minimum atomic E-state index is -3.98. The van der Waals surface area contributed by atoms with Crippen LogP contribution < -0.4 is 4.72 Å². The fourth-order valence-electron chi connectivity index (χ4n) is 2.01. The van der Waals surface area contributed by atoms with Gasteiger partial charge in [-0.3, -0.25) is 4.72 Å². The van der Waals surface area contributed by atoms with Crippen LogP contribution in [-0.2, 0) is 10.0 Å². The first-order valence-corrected chi connectivity index (χ1v) is 7.66. The Bertz CT molecular complexity index is 814. The maximum absolute atomic E-state index is 12.4. The Hall–Kier alpha value is -2.06. The molecule has 0 aliphatic carbocycles. The molecule has 2 heterocycles. The van der Waals surface area contributed by atoms with Crippen molar-refractivity contribution in [1.82, 2.24) is 9.97 Å². The second-order valence-electron chi connectivity index (χ2n) is 4.33. The molecule has 9 heteroatoms. The lowest BCUT2D eigenvalue weighted by molar-refractivity contribution is 0.0690. The van der Waals surface area contributed by atoms with Gasteiger partial charge in [0.15, 0.2) is 5.15 Å². The predicted octanol–water partition coefficient (Wildman–Crippen LogP) is 2.18. The molecular formula is C12H12ClN3O4S. The van der Waals surface area contributed by atoms with Crippen LogP contribution in [0.5, 0.6) is 0 Å². The van der Waals surface area contributed by atoms with Crippen molar-refractivity contribution in [3.8, 4) is 0 Å². The van der Waals surface area contributed by atoms with Crippen LogP contribution >= 0.6 is 11.6 Å². The van der Waals surface area contributed by atoms with Gasteiger partial charge in [0.1, 0.15) is 10.6 Å². The Morgan fingerprint density at radius 3 is 2.62 bits per heavy atom. The van der Waals surface area contributed by atoms with E-state index in [1.165, 1.54) is 32.2 Å². The molecule has 3 N–H and O–H groups in total. The minimum absolute atomic E-state index is 0.00498. The summed E-state index contributed by atoms with van der Waals surface area (Å²) in [5.41, 5.74) is 0.325. The van der Waals surface area contributed by atoms with E-state index in [4.69, 9.17) is 16.7 Å². The quantitative estimate of drug-likeness (QED) is 0.744. The molecule has 2 aromatic heterocycles. The Kier molecular flexibility index (Phi) is 3.93. The van der Waals surface area contributed by atoms with E-state index in [9.17, 15) is 13.2 Å². The number of anilines is 1. The van der Waals surface area contributed by atoms with Crippen LogP contribution in [0, 0.1) is 13.8 Å². The van der Waals surface area contributed by atoms with E-state index < -0.39 is 16.0 Å². The first-order chi connectivity index (χ1) is 9.74. The summed E-state index contributed by atoms with van der Waals surface area (Å²) < 4.78 is 27.1. The van der Waals surface area contributed by atoms with Gasteiger partial charge in [-0.1, -0.05) is 11.6 Å². The average Bonchev–Trinajstić information content (AvgIpc) is 2.68. The second kappa shape index (κ2) is 5.38. The molecule has 0 spiro atoms. The first kappa shape index (κ1) is 15.3. The summed E-state index contributed by atoms with van der Waals surface area (Å²) >= 11 is 5.81. The summed E-state index contributed by atoms with van der Waals surface area (Å²) in [6.07, 6.45) is 1.43. The van der Waals surface area contributed by atoms with Gasteiger partial charge in [0.05, 0.1) is 5.69 Å². The zero-order valence-electron chi connectivity index (χ0n) is 11.1. The van der Waals surface area contributed by atoms with E-state index in [1.54, 1.807) is 0 Å². The number of hydrogen-bond acceptors (Lipinski definition) is 4. The largest absolute Gasteiger partial charge is 0.477 e. The normalized spacial score (nSPS) is 11.4. The molecule has 0 saturated heterocycles. The van der Waals surface area contributed by atoms with E-state index in [1.807, 2.05) is 0 Å². The Labute approximate surface area is 126 Å². The highest BCUT2D eigenvalue weighted by atomic mass is 35.5. The molecule has 0 radical (unpaired) electrons. The van der Waals surface area contributed by atoms with Crippen molar-refractivity contribution in [2.75, 3.05) is 4.72 Å². The number of hydrogen-bond donors (Lipinski definition) is 3. The zero-order valence-corrected chi connectivity index (χ0v) is 12.7. The van der Waals surface area contributed by atoms with Crippen molar-refractivity contribution >= 4 is 33.3 Å². The highest BCUT2D eigenvalue weighted by Gasteiger charge is 2.27. The van der Waals surface area contributed by atoms with Crippen LogP contribution in [0.2, 0.25) is 5.15 Å². The monoisotopic (exact) mass is 329 g/mol. The third-order valence-corrected chi connectivity index (χ3v) is 4.79. The summed E-state index contributed by atoms with van der Waals surface area (Å²) in [5, 5.41) is 9.03. The van der Waals surface area contributed by atoms with Crippen LogP contribution in [0.1, 0.15) is 21.7 Å². The molecule has 0 aliphatic rings. The summed E-state index contributed by atoms with van der Waals surface area (Å²) in [4.78, 5) is 17.3. The third kappa shape index (κ3) is 2.86. The number of rotatable bonds is 4. The molecule has 112 valence electrons. The maximum atomic E-state index is 12.4. The molecule has 0 fully saturated rings. The lowest BCUT2D eigenvalue weighted by Crippen LogP contribution is -2.15. The molecule has 0 atom stereocenters. The van der Waals surface area contributed by atoms with Crippen LogP contribution in [0.25, 0.3) is 0 Å². The van der Waals surface area contributed by atoms with Crippen molar-refractivity contribution < 1.29 is 18.3 Å². The summed E-state index contributed by atoms with van der Waals surface area (Å²) in [5.74, 6) is -1.23. The zero-order chi connectivity index (χ0) is 15.8. The third-order valence-electron chi connectivity index (χ3n) is 2.85. The SMILES string of the molecule is Cc1[nH]c(C(=O)O)c(C)c1S(=O)(=O)Nc1cccnc1Cl. The Balaban J connectivity index is 2.51. The molecule has 21 heavy (non-hydrogen) atoms. The van der Waals surface area contributed by atoms with Gasteiger partial charge in [-0.25, -0.2) is 18.2 Å². The number of carbonyl (C=O) groups is 1. The lowest BCUT2D eigenvalue weighted by Gasteiger charge is -2.09. The minimum Gasteiger partial charge on any atom is -0.477 e. The van der Waals surface area contributed by atoms with E-state index in [0.717, 1.165) is 0 Å². The van der Waals surface area contributed by atoms with E-state index in [2.05, 4.69) is 14.7 Å². The maximum Gasteiger partial charge on any atom is 0.352 e. The number of aromatic carboxylic acids is 1. The number of aromatic amines is 1. The average molecular weight is 330 g/mol. The molecule has 2 rings (SSSR count). The number of carboxylic acids is 1. The number of nitrogens with one attached hydrogen (secondary N) is 2. The number of aromatic nitrogens is 2. The molecule has 2 aromatic rings. The van der Waals surface area contributed by atoms with Gasteiger partial charge in [0, 0.05) is 17.5 Å². The van der Waals surface area contributed by atoms with E-state index in [0.29, 0.717) is 0 Å². The van der Waals surface area contributed by atoms with Crippen LogP contribution in [0.3, 0.4) is 0 Å². The van der Waals surface area contributed by atoms with Gasteiger partial charge in [0.25, 0.3) is 10.0 Å². The molecular weight excluding hydrogens is 318 g/mol. The second-order valence-corrected chi connectivity index (χ2v) is 6.31. The van der Waals surface area contributed by atoms with Crippen molar-refractivity contribution in [2.24, 2.45) is 0 Å². The van der Waals surface area contributed by atoms with E-state index in [-0.39, 0.29) is 32.7 Å². The summed E-state index contributed by atoms with van der Waals surface area (Å²) in [6.45, 7) is 2.91. The van der Waals surface area contributed by atoms with Gasteiger partial charge < -0.3 is 10.1 Å². The van der Waals surface area contributed by atoms with Gasteiger partial charge >= 0.3 is 5.97 Å². The Morgan fingerprint density at radius 2 is 2.10 bits per heavy atom. The smallest absolute Gasteiger partial charge is 0.352 e. The van der Waals surface area contributed by atoms with Gasteiger partial charge in [-0.2, -0.15) is 0 Å². The van der Waals surface area contributed by atoms with Crippen LogP contribution in [-0.4, -0.2) is 29.5 Å². The van der Waals surface area contributed by atoms with Crippen molar-refractivity contribution in [3.05, 3.63) is 40.4 Å². The highest BCUT2D eigenvalue weighted by molar-refractivity contribution is 7.92. The van der Waals surface area contributed by atoms with Crippen molar-refractivity contribution in [2.45, 2.75) is 18.7 Å². The van der Waals surface area contributed by atoms with Crippen LogP contribution in [0.4, 0.5) is 5.69 Å². The number of sulfonamides is 1. The topological polar surface area (TPSA) is 112 Å². The lowest BCUT2D eigenvalue weighted by atomic mass is 10.2. The number of pyridine rings is 1. The number of H-pyrrole nitrogens is 1. The fraction of sp³-hybridized carbons (Fsp3) is 0.167. The molecule has 0 amide bonds. The standard InChI is InChI=1S/C12H12ClN3O4S/c1-6-9(12(17)18)15-7(2)10(6)21(19,20)16-8-4-3-5-14-11(8)13/h3-5,15-16H,1-2H3,(H,17,18). The molecule has 0 unspecified atom stereocenters. The predicted molar refractivity (Wildman–Crippen MR) is 77.3 cm³/mol. The van der Waals surface area contributed by atoms with Crippen molar-refractivity contribution in [3.63, 3.8) is 0 Å². The number of halogens is 1. The molecule has 0 bridgehead atoms. The number of nitrogens with zero attached hydrogens (tertiary/aromatic N) is 1. The van der Waals surface area contributed by atoms with Gasteiger partial charge in [-0.15, -0.1) is 0 Å². The van der Waals surface area contributed by atoms with Crippen LogP contribution in [0.15, 0.2) is 23.2 Å². The summed E-state index contributed by atoms with van der Waals surface area (Å²) in [7, 11) is -3.98. The molecule has 0 saturated carbocycles. The van der Waals surface area contributed by atoms with Gasteiger partial charge in [0.2, 0.25) is 0 Å². The number of carboxylic acid groups (broad SMARTS) is 1. The number of aryl methyl sites for hydroxylation is 1. The molecule has 0 aliphatic heterocycles. The Morgan fingerprint density at radius 1 is 1.43 bits per heavy atom. The fourth-order valence-corrected chi connectivity index (χ4v) is 3.75. The van der Waals surface area contributed by atoms with Gasteiger partial charge in [-0.05, 0) is 26.0 Å². The molecule has 7 nitrogen and oxygen atoms in total. The first-order valence-electron chi connectivity index (χ1n) is 5.80. The summed E-state index contributed by atoms with van der Waals surface area (Å²) in [6, 6.07) is 2.99.